The number of carbonyl (C=O) groups is 1. The summed E-state index contributed by atoms with van der Waals surface area (Å²) in [5.41, 5.74) is 5.84. The Morgan fingerprint density at radius 2 is 2.38 bits per heavy atom. The van der Waals surface area contributed by atoms with Crippen LogP contribution in [0.5, 0.6) is 0 Å². The maximum Gasteiger partial charge on any atom is 0.265 e. The number of aromatic nitrogens is 1. The smallest absolute Gasteiger partial charge is 0.265 e. The number of anilines is 2. The minimum absolute atomic E-state index is 0.187. The van der Waals surface area contributed by atoms with Crippen LogP contribution in [0, 0.1) is 0 Å². The minimum Gasteiger partial charge on any atom is -0.469 e. The third-order valence-corrected chi connectivity index (χ3v) is 4.16. The fourth-order valence-corrected chi connectivity index (χ4v) is 2.80. The molecule has 3 N–H and O–H groups in total. The molecule has 0 spiro atoms. The topological polar surface area (TPSA) is 84.4 Å². The number of nitrogens with one attached hydrogen (secondary N) is 1. The molecule has 0 aliphatic heterocycles. The Bertz CT molecular complexity index is 580. The Kier molecular flexibility index (Phi) is 5.21. The zero-order valence-electron chi connectivity index (χ0n) is 12.3. The third kappa shape index (κ3) is 3.98. The lowest BCUT2D eigenvalue weighted by molar-refractivity contribution is 0.0958. The van der Waals surface area contributed by atoms with Gasteiger partial charge in [0.05, 0.1) is 6.26 Å². The van der Waals surface area contributed by atoms with Crippen molar-refractivity contribution in [3.63, 3.8) is 0 Å². The van der Waals surface area contributed by atoms with Crippen molar-refractivity contribution >= 4 is 28.2 Å². The molecule has 0 atom stereocenters. The molecule has 2 aromatic rings. The first kappa shape index (κ1) is 15.4. The summed E-state index contributed by atoms with van der Waals surface area (Å²) in [5, 5.41) is 3.60. The van der Waals surface area contributed by atoms with Crippen LogP contribution >= 0.6 is 11.3 Å². The van der Waals surface area contributed by atoms with Crippen LogP contribution in [0.25, 0.3) is 0 Å². The fraction of sp³-hybridized carbons (Fsp3) is 0.429. The quantitative estimate of drug-likeness (QED) is 0.818. The van der Waals surface area contributed by atoms with E-state index in [2.05, 4.69) is 17.2 Å². The summed E-state index contributed by atoms with van der Waals surface area (Å²) in [5.74, 6) is 0.942. The summed E-state index contributed by atoms with van der Waals surface area (Å²) < 4.78 is 5.21. The van der Waals surface area contributed by atoms with Gasteiger partial charge in [0.25, 0.3) is 5.91 Å². The van der Waals surface area contributed by atoms with Crippen molar-refractivity contribution in [1.82, 2.24) is 10.3 Å². The summed E-state index contributed by atoms with van der Waals surface area (Å²) in [4.78, 5) is 18.8. The number of amides is 1. The lowest BCUT2D eigenvalue weighted by Crippen LogP contribution is -2.25. The molecular weight excluding hydrogens is 288 g/mol. The van der Waals surface area contributed by atoms with Crippen LogP contribution in [0.1, 0.15) is 28.8 Å². The van der Waals surface area contributed by atoms with Gasteiger partial charge in [-0.25, -0.2) is 4.98 Å². The van der Waals surface area contributed by atoms with Crippen LogP contribution < -0.4 is 16.0 Å². The molecule has 114 valence electrons. The average molecular weight is 308 g/mol. The molecule has 0 aliphatic rings. The van der Waals surface area contributed by atoms with Gasteiger partial charge in [-0.1, -0.05) is 18.3 Å². The van der Waals surface area contributed by atoms with Crippen LogP contribution in [-0.2, 0) is 6.42 Å². The molecule has 6 nitrogen and oxygen atoms in total. The molecular formula is C14H20N4O2S. The van der Waals surface area contributed by atoms with E-state index in [1.54, 1.807) is 6.26 Å². The number of rotatable bonds is 7. The number of nitrogens with two attached hydrogens (primary N) is 1. The van der Waals surface area contributed by atoms with E-state index in [4.69, 9.17) is 10.2 Å². The Hall–Kier alpha value is -2.02. The molecule has 2 aromatic heterocycles. The Morgan fingerprint density at radius 1 is 1.57 bits per heavy atom. The minimum atomic E-state index is -0.187. The summed E-state index contributed by atoms with van der Waals surface area (Å²) >= 11 is 1.32. The maximum absolute atomic E-state index is 12.1. The SMILES string of the molecule is CCCN(C)c1nc(N)c(C(=O)NCCc2ccco2)s1. The maximum atomic E-state index is 12.1. The van der Waals surface area contributed by atoms with E-state index in [1.807, 2.05) is 24.1 Å². The first-order valence-corrected chi connectivity index (χ1v) is 7.71. The van der Waals surface area contributed by atoms with Crippen LogP contribution in [0.3, 0.4) is 0 Å². The van der Waals surface area contributed by atoms with Crippen LogP contribution in [-0.4, -0.2) is 31.0 Å². The van der Waals surface area contributed by atoms with Gasteiger partial charge >= 0.3 is 0 Å². The molecule has 0 fully saturated rings. The summed E-state index contributed by atoms with van der Waals surface area (Å²) in [6.07, 6.45) is 3.29. The first-order valence-electron chi connectivity index (χ1n) is 6.89. The van der Waals surface area contributed by atoms with Crippen molar-refractivity contribution in [2.45, 2.75) is 19.8 Å². The van der Waals surface area contributed by atoms with Crippen LogP contribution in [0.4, 0.5) is 10.9 Å². The molecule has 2 heterocycles. The predicted octanol–water partition coefficient (Wildman–Crippen LogP) is 2.14. The van der Waals surface area contributed by atoms with Crippen molar-refractivity contribution in [3.8, 4) is 0 Å². The highest BCUT2D eigenvalue weighted by atomic mass is 32.1. The molecule has 7 heteroatoms. The monoisotopic (exact) mass is 308 g/mol. The zero-order chi connectivity index (χ0) is 15.2. The standard InChI is InChI=1S/C14H20N4O2S/c1-3-8-18(2)14-17-12(15)11(21-14)13(19)16-7-6-10-5-4-9-20-10/h4-5,9H,3,6-8,15H2,1-2H3,(H,16,19). The number of carbonyl (C=O) groups excluding carboxylic acids is 1. The lowest BCUT2D eigenvalue weighted by Gasteiger charge is -2.13. The largest absolute Gasteiger partial charge is 0.469 e. The number of furan rings is 1. The normalized spacial score (nSPS) is 10.6. The number of hydrogen-bond acceptors (Lipinski definition) is 6. The first-order chi connectivity index (χ1) is 10.1. The fourth-order valence-electron chi connectivity index (χ4n) is 1.91. The molecule has 21 heavy (non-hydrogen) atoms. The molecule has 0 aromatic carbocycles. The molecule has 0 saturated heterocycles. The van der Waals surface area contributed by atoms with Gasteiger partial charge < -0.3 is 20.4 Å². The predicted molar refractivity (Wildman–Crippen MR) is 84.8 cm³/mol. The van der Waals surface area contributed by atoms with Crippen molar-refractivity contribution in [1.29, 1.82) is 0 Å². The molecule has 0 unspecified atom stereocenters. The van der Waals surface area contributed by atoms with E-state index >= 15 is 0 Å². The third-order valence-electron chi connectivity index (χ3n) is 2.97. The average Bonchev–Trinajstić information content (AvgIpc) is 3.08. The Morgan fingerprint density at radius 3 is 3.05 bits per heavy atom. The molecule has 0 radical (unpaired) electrons. The highest BCUT2D eigenvalue weighted by Crippen LogP contribution is 2.27. The molecule has 2 rings (SSSR count). The van der Waals surface area contributed by atoms with E-state index in [0.717, 1.165) is 23.9 Å². The highest BCUT2D eigenvalue weighted by Gasteiger charge is 2.17. The summed E-state index contributed by atoms with van der Waals surface area (Å²) in [6, 6.07) is 3.71. The van der Waals surface area contributed by atoms with Gasteiger partial charge in [-0.3, -0.25) is 4.79 Å². The summed E-state index contributed by atoms with van der Waals surface area (Å²) in [6.45, 7) is 3.48. The van der Waals surface area contributed by atoms with Gasteiger partial charge in [0, 0.05) is 26.6 Å². The number of thiazole rings is 1. The molecule has 0 bridgehead atoms. The second-order valence-corrected chi connectivity index (χ2v) is 5.70. The Labute approximate surface area is 128 Å². The van der Waals surface area contributed by atoms with E-state index in [1.165, 1.54) is 11.3 Å². The van der Waals surface area contributed by atoms with Gasteiger partial charge in [-0.2, -0.15) is 0 Å². The summed E-state index contributed by atoms with van der Waals surface area (Å²) in [7, 11) is 1.94. The van der Waals surface area contributed by atoms with E-state index in [-0.39, 0.29) is 11.7 Å². The van der Waals surface area contributed by atoms with Crippen LogP contribution in [0.2, 0.25) is 0 Å². The molecule has 1 amide bonds. The van der Waals surface area contributed by atoms with Crippen molar-refractivity contribution in [2.24, 2.45) is 0 Å². The number of hydrogen-bond donors (Lipinski definition) is 2. The van der Waals surface area contributed by atoms with Gasteiger partial charge in [0.15, 0.2) is 5.13 Å². The van der Waals surface area contributed by atoms with Gasteiger partial charge in [0.2, 0.25) is 0 Å². The highest BCUT2D eigenvalue weighted by molar-refractivity contribution is 7.18. The second-order valence-electron chi connectivity index (χ2n) is 4.72. The Balaban J connectivity index is 1.92. The van der Waals surface area contributed by atoms with E-state index < -0.39 is 0 Å². The van der Waals surface area contributed by atoms with Crippen molar-refractivity contribution in [2.75, 3.05) is 30.8 Å². The van der Waals surface area contributed by atoms with Crippen LogP contribution in [0.15, 0.2) is 22.8 Å². The van der Waals surface area contributed by atoms with Crippen molar-refractivity contribution in [3.05, 3.63) is 29.0 Å². The zero-order valence-corrected chi connectivity index (χ0v) is 13.1. The van der Waals surface area contributed by atoms with E-state index in [9.17, 15) is 4.79 Å². The number of nitrogen functional groups attached to an aromatic ring is 1. The molecule has 0 saturated carbocycles. The van der Waals surface area contributed by atoms with Gasteiger partial charge in [-0.15, -0.1) is 0 Å². The van der Waals surface area contributed by atoms with Crippen molar-refractivity contribution < 1.29 is 9.21 Å². The molecule has 0 aliphatic carbocycles. The van der Waals surface area contributed by atoms with Gasteiger partial charge in [-0.05, 0) is 18.6 Å². The lowest BCUT2D eigenvalue weighted by atomic mass is 10.3. The number of nitrogens with zero attached hydrogens (tertiary/aromatic N) is 2. The second kappa shape index (κ2) is 7.12. The van der Waals surface area contributed by atoms with E-state index in [0.29, 0.717) is 17.8 Å². The van der Waals surface area contributed by atoms with Gasteiger partial charge in [0.1, 0.15) is 16.5 Å².